The molecule has 1 aliphatic carbocycles. The predicted molar refractivity (Wildman–Crippen MR) is 26.4 cm³/mol. The zero-order chi connectivity index (χ0) is 3.86. The molecule has 0 amide bonds. The monoisotopic (exact) mass is 86.0 g/mol. The summed E-state index contributed by atoms with van der Waals surface area (Å²) in [6.07, 6.45) is 1.20. The van der Waals surface area contributed by atoms with Crippen molar-refractivity contribution in [2.75, 3.05) is 0 Å². The van der Waals surface area contributed by atoms with Crippen LogP contribution in [0, 0.1) is 5.92 Å². The van der Waals surface area contributed by atoms with E-state index in [-0.39, 0.29) is 0 Å². The first-order valence-electron chi connectivity index (χ1n) is 1.83. The Balaban J connectivity index is 2.47. The van der Waals surface area contributed by atoms with Gasteiger partial charge >= 0.3 is 0 Å². The minimum absolute atomic E-state index is 0.782. The quantitative estimate of drug-likeness (QED) is 0.401. The van der Waals surface area contributed by atoms with Crippen molar-refractivity contribution < 1.29 is 0 Å². The highest BCUT2D eigenvalue weighted by atomic mass is 32.1. The molecule has 0 unspecified atom stereocenters. The highest BCUT2D eigenvalue weighted by Gasteiger charge is 2.22. The Morgan fingerprint density at radius 1 is 2.00 bits per heavy atom. The first kappa shape index (κ1) is 3.29. The van der Waals surface area contributed by atoms with Crippen LogP contribution in [-0.4, -0.2) is 4.86 Å². The van der Waals surface area contributed by atoms with Crippen LogP contribution in [0.5, 0.6) is 0 Å². The van der Waals surface area contributed by atoms with Gasteiger partial charge in [0.2, 0.25) is 0 Å². The highest BCUT2D eigenvalue weighted by Crippen LogP contribution is 2.23. The lowest BCUT2D eigenvalue weighted by Crippen LogP contribution is -1.55. The number of thiocarbonyl (C=S) groups is 1. The molecule has 0 aromatic carbocycles. The third-order valence-electron chi connectivity index (χ3n) is 0.897. The van der Waals surface area contributed by atoms with Crippen LogP contribution in [0.2, 0.25) is 0 Å². The molecule has 1 rings (SSSR count). The van der Waals surface area contributed by atoms with E-state index in [4.69, 9.17) is 12.2 Å². The molecule has 0 aliphatic heterocycles. The van der Waals surface area contributed by atoms with Crippen molar-refractivity contribution in [2.45, 2.75) is 13.3 Å². The van der Waals surface area contributed by atoms with Crippen molar-refractivity contribution in [1.29, 1.82) is 0 Å². The van der Waals surface area contributed by atoms with Gasteiger partial charge in [0.15, 0.2) is 0 Å². The van der Waals surface area contributed by atoms with Gasteiger partial charge in [-0.25, -0.2) is 0 Å². The fourth-order valence-electron chi connectivity index (χ4n) is 0.243. The maximum Gasteiger partial charge on any atom is -0.00337 e. The first-order valence-corrected chi connectivity index (χ1v) is 2.24. The third-order valence-corrected chi connectivity index (χ3v) is 1.47. The van der Waals surface area contributed by atoms with Gasteiger partial charge in [-0.3, -0.25) is 0 Å². The molecule has 0 bridgehead atoms. The molecule has 5 heavy (non-hydrogen) atoms. The molecule has 0 radical (unpaired) electrons. The minimum atomic E-state index is 0.782. The lowest BCUT2D eigenvalue weighted by Gasteiger charge is -1.55. The van der Waals surface area contributed by atoms with Crippen LogP contribution in [0.4, 0.5) is 0 Å². The van der Waals surface area contributed by atoms with Crippen LogP contribution in [0.15, 0.2) is 0 Å². The van der Waals surface area contributed by atoms with Crippen LogP contribution in [0.1, 0.15) is 13.3 Å². The Morgan fingerprint density at radius 3 is 2.20 bits per heavy atom. The summed E-state index contributed by atoms with van der Waals surface area (Å²) in [7, 11) is 0. The molecule has 0 aromatic heterocycles. The van der Waals surface area contributed by atoms with E-state index in [2.05, 4.69) is 6.92 Å². The molecular weight excluding hydrogens is 80.1 g/mol. The zero-order valence-corrected chi connectivity index (χ0v) is 4.01. The summed E-state index contributed by atoms with van der Waals surface area (Å²) in [6, 6.07) is 0. The fraction of sp³-hybridized carbons (Fsp3) is 0.750. The summed E-state index contributed by atoms with van der Waals surface area (Å²) in [5.41, 5.74) is 0. The maximum absolute atomic E-state index is 4.77. The Kier molecular flexibility index (Phi) is 0.511. The average molecular weight is 86.2 g/mol. The zero-order valence-electron chi connectivity index (χ0n) is 3.19. The van der Waals surface area contributed by atoms with Crippen molar-refractivity contribution >= 4 is 17.1 Å². The van der Waals surface area contributed by atoms with Crippen molar-refractivity contribution in [1.82, 2.24) is 0 Å². The van der Waals surface area contributed by atoms with Crippen molar-refractivity contribution in [3.63, 3.8) is 0 Å². The molecule has 28 valence electrons. The minimum Gasteiger partial charge on any atom is -0.0894 e. The highest BCUT2D eigenvalue weighted by molar-refractivity contribution is 7.81. The largest absolute Gasteiger partial charge is 0.0894 e. The molecule has 1 atom stereocenters. The Bertz CT molecular complexity index is 66.0. The van der Waals surface area contributed by atoms with Gasteiger partial charge in [-0.2, -0.15) is 0 Å². The Morgan fingerprint density at radius 2 is 2.20 bits per heavy atom. The van der Waals surface area contributed by atoms with E-state index in [1.165, 1.54) is 11.3 Å². The molecule has 0 aromatic rings. The van der Waals surface area contributed by atoms with E-state index < -0.39 is 0 Å². The summed E-state index contributed by atoms with van der Waals surface area (Å²) >= 11 is 4.77. The van der Waals surface area contributed by atoms with Gasteiger partial charge < -0.3 is 0 Å². The molecule has 1 heteroatoms. The van der Waals surface area contributed by atoms with Crippen LogP contribution in [0.3, 0.4) is 0 Å². The van der Waals surface area contributed by atoms with Crippen molar-refractivity contribution in [2.24, 2.45) is 5.92 Å². The van der Waals surface area contributed by atoms with Gasteiger partial charge in [0, 0.05) is 0 Å². The number of hydrogen-bond donors (Lipinski definition) is 0. The summed E-state index contributed by atoms with van der Waals surface area (Å²) in [4.78, 5) is 1.25. The summed E-state index contributed by atoms with van der Waals surface area (Å²) in [5, 5.41) is 0. The first-order chi connectivity index (χ1) is 2.30. The lowest BCUT2D eigenvalue weighted by molar-refractivity contribution is 1.04. The lowest BCUT2D eigenvalue weighted by atomic mass is 10.5. The Labute approximate surface area is 37.2 Å². The van der Waals surface area contributed by atoms with E-state index in [0.717, 1.165) is 5.92 Å². The summed E-state index contributed by atoms with van der Waals surface area (Å²) in [6.45, 7) is 2.16. The van der Waals surface area contributed by atoms with E-state index in [1.807, 2.05) is 0 Å². The molecule has 1 aliphatic rings. The van der Waals surface area contributed by atoms with Crippen LogP contribution >= 0.6 is 12.2 Å². The summed E-state index contributed by atoms with van der Waals surface area (Å²) in [5.74, 6) is 0.782. The molecule has 0 N–H and O–H groups in total. The van der Waals surface area contributed by atoms with Crippen molar-refractivity contribution in [3.05, 3.63) is 0 Å². The molecule has 0 spiro atoms. The fourth-order valence-corrected chi connectivity index (χ4v) is 0.493. The third kappa shape index (κ3) is 0.482. The molecule has 0 saturated heterocycles. The molecule has 1 fully saturated rings. The van der Waals surface area contributed by atoms with Gasteiger partial charge in [-0.05, 0) is 17.2 Å². The average Bonchev–Trinajstić information content (AvgIpc) is 1.79. The smallest absolute Gasteiger partial charge is 0.00337 e. The normalized spacial score (nSPS) is 34.6. The standard InChI is InChI=1S/C4H6S/c1-3-2-4(3)5/h3H,2H2,1H3/t3-/m0/s1. The SMILES string of the molecule is C[C@H]1CC1=S. The van der Waals surface area contributed by atoms with Gasteiger partial charge in [0.1, 0.15) is 0 Å². The maximum atomic E-state index is 4.77. The van der Waals surface area contributed by atoms with E-state index in [0.29, 0.717) is 0 Å². The number of hydrogen-bond acceptors (Lipinski definition) is 1. The van der Waals surface area contributed by atoms with E-state index in [9.17, 15) is 0 Å². The summed E-state index contributed by atoms with van der Waals surface area (Å²) < 4.78 is 0. The second-order valence-electron chi connectivity index (χ2n) is 1.57. The predicted octanol–water partition coefficient (Wildman–Crippen LogP) is 1.40. The van der Waals surface area contributed by atoms with Crippen LogP contribution in [-0.2, 0) is 0 Å². The van der Waals surface area contributed by atoms with Gasteiger partial charge in [-0.1, -0.05) is 19.1 Å². The topological polar surface area (TPSA) is 0 Å². The van der Waals surface area contributed by atoms with Crippen LogP contribution < -0.4 is 0 Å². The second-order valence-corrected chi connectivity index (χ2v) is 2.10. The molecular formula is C4H6S. The van der Waals surface area contributed by atoms with Gasteiger partial charge in [0.25, 0.3) is 0 Å². The molecule has 0 heterocycles. The second kappa shape index (κ2) is 0.777. The molecule has 1 saturated carbocycles. The molecule has 0 nitrogen and oxygen atoms in total. The Hall–Kier alpha value is 0.0900. The van der Waals surface area contributed by atoms with Crippen LogP contribution in [0.25, 0.3) is 0 Å². The van der Waals surface area contributed by atoms with Gasteiger partial charge in [-0.15, -0.1) is 0 Å². The van der Waals surface area contributed by atoms with E-state index >= 15 is 0 Å². The van der Waals surface area contributed by atoms with E-state index in [1.54, 1.807) is 0 Å². The number of rotatable bonds is 0. The van der Waals surface area contributed by atoms with Crippen molar-refractivity contribution in [3.8, 4) is 0 Å². The van der Waals surface area contributed by atoms with Gasteiger partial charge in [0.05, 0.1) is 0 Å².